The van der Waals surface area contributed by atoms with Gasteiger partial charge in [-0.25, -0.2) is 0 Å². The second-order valence-electron chi connectivity index (χ2n) is 5.96. The Morgan fingerprint density at radius 2 is 1.86 bits per heavy atom. The molecule has 1 amide bonds. The van der Waals surface area contributed by atoms with Crippen LogP contribution in [-0.2, 0) is 11.2 Å². The first kappa shape index (κ1) is 18.1. The number of hydrogen-bond donors (Lipinski definition) is 2. The number of nitrogens with two attached hydrogens (primary N) is 1. The van der Waals surface area contributed by atoms with Crippen molar-refractivity contribution in [1.29, 1.82) is 0 Å². The summed E-state index contributed by atoms with van der Waals surface area (Å²) >= 11 is 1.71. The lowest BCUT2D eigenvalue weighted by molar-refractivity contribution is -0.123. The van der Waals surface area contributed by atoms with Crippen LogP contribution in [0.3, 0.4) is 0 Å². The number of benzene rings is 1. The maximum atomic E-state index is 12.0. The van der Waals surface area contributed by atoms with E-state index in [-0.39, 0.29) is 11.9 Å². The molecule has 0 aromatic heterocycles. The molecule has 3 nitrogen and oxygen atoms in total. The fraction of sp³-hybridized carbons (Fsp3) is 0.588. The first-order valence-corrected chi connectivity index (χ1v) is 8.97. The highest BCUT2D eigenvalue weighted by Crippen LogP contribution is 2.15. The minimum absolute atomic E-state index is 0.00840. The van der Waals surface area contributed by atoms with Crippen LogP contribution in [0.5, 0.6) is 0 Å². The molecular formula is C17H28N2OS. The molecule has 118 valence electrons. The molecule has 1 aromatic rings. The first-order chi connectivity index (χ1) is 9.93. The Balaban J connectivity index is 2.54. The molecule has 0 saturated carbocycles. The summed E-state index contributed by atoms with van der Waals surface area (Å²) in [5.74, 6) is 1.50. The molecule has 1 rings (SSSR count). The normalized spacial score (nSPS) is 14.0. The standard InChI is InChI=1S/C17H28N2OS/c1-12(2)11-14-5-7-15(8-6-14)13(3)19-17(20)16(18)9-10-21-4/h5-8,12-13,16H,9-11,18H2,1-4H3,(H,19,20)/t13?,16-/m1/s1. The smallest absolute Gasteiger partial charge is 0.237 e. The Kier molecular flexibility index (Phi) is 7.83. The van der Waals surface area contributed by atoms with Crippen molar-refractivity contribution < 1.29 is 4.79 Å². The van der Waals surface area contributed by atoms with E-state index in [1.807, 2.05) is 13.2 Å². The monoisotopic (exact) mass is 308 g/mol. The summed E-state index contributed by atoms with van der Waals surface area (Å²) in [6.45, 7) is 6.43. The van der Waals surface area contributed by atoms with E-state index < -0.39 is 6.04 Å². The van der Waals surface area contributed by atoms with E-state index in [1.165, 1.54) is 5.56 Å². The molecule has 4 heteroatoms. The molecule has 3 N–H and O–H groups in total. The van der Waals surface area contributed by atoms with Gasteiger partial charge in [0.2, 0.25) is 5.91 Å². The molecule has 0 aliphatic rings. The lowest BCUT2D eigenvalue weighted by Crippen LogP contribution is -2.41. The molecule has 0 heterocycles. The molecule has 21 heavy (non-hydrogen) atoms. The van der Waals surface area contributed by atoms with Gasteiger partial charge in [0.05, 0.1) is 12.1 Å². The third kappa shape index (κ3) is 6.53. The Morgan fingerprint density at radius 1 is 1.24 bits per heavy atom. The van der Waals surface area contributed by atoms with E-state index >= 15 is 0 Å². The van der Waals surface area contributed by atoms with Gasteiger partial charge in [-0.15, -0.1) is 0 Å². The second-order valence-corrected chi connectivity index (χ2v) is 6.94. The van der Waals surface area contributed by atoms with E-state index in [0.29, 0.717) is 12.3 Å². The third-order valence-electron chi connectivity index (χ3n) is 3.45. The molecule has 0 aliphatic carbocycles. The summed E-state index contributed by atoms with van der Waals surface area (Å²) < 4.78 is 0. The van der Waals surface area contributed by atoms with Crippen LogP contribution in [0.25, 0.3) is 0 Å². The van der Waals surface area contributed by atoms with Crippen molar-refractivity contribution in [2.45, 2.75) is 45.7 Å². The van der Waals surface area contributed by atoms with Crippen LogP contribution >= 0.6 is 11.8 Å². The minimum Gasteiger partial charge on any atom is -0.348 e. The van der Waals surface area contributed by atoms with Gasteiger partial charge in [-0.1, -0.05) is 38.1 Å². The van der Waals surface area contributed by atoms with Crippen LogP contribution in [0, 0.1) is 5.92 Å². The van der Waals surface area contributed by atoms with Gasteiger partial charge in [-0.2, -0.15) is 11.8 Å². The van der Waals surface area contributed by atoms with Crippen molar-refractivity contribution in [3.8, 4) is 0 Å². The van der Waals surface area contributed by atoms with E-state index in [4.69, 9.17) is 5.73 Å². The van der Waals surface area contributed by atoms with Crippen LogP contribution < -0.4 is 11.1 Å². The van der Waals surface area contributed by atoms with Gasteiger partial charge >= 0.3 is 0 Å². The van der Waals surface area contributed by atoms with Gasteiger partial charge in [-0.3, -0.25) is 4.79 Å². The van der Waals surface area contributed by atoms with E-state index in [9.17, 15) is 4.79 Å². The number of amides is 1. The number of carbonyl (C=O) groups excluding carboxylic acids is 1. The highest BCUT2D eigenvalue weighted by atomic mass is 32.2. The SMILES string of the molecule is CSCC[C@@H](N)C(=O)NC(C)c1ccc(CC(C)C)cc1. The van der Waals surface area contributed by atoms with E-state index in [0.717, 1.165) is 17.7 Å². The predicted molar refractivity (Wildman–Crippen MR) is 92.5 cm³/mol. The molecule has 1 aromatic carbocycles. The van der Waals surface area contributed by atoms with Gasteiger partial charge < -0.3 is 11.1 Å². The fourth-order valence-corrected chi connectivity index (χ4v) is 2.68. The molecule has 0 aliphatic heterocycles. The topological polar surface area (TPSA) is 55.1 Å². The first-order valence-electron chi connectivity index (χ1n) is 7.57. The molecule has 0 bridgehead atoms. The maximum absolute atomic E-state index is 12.0. The fourth-order valence-electron chi connectivity index (χ4n) is 2.19. The van der Waals surface area contributed by atoms with Gasteiger partial charge in [0.25, 0.3) is 0 Å². The Hall–Kier alpha value is -1.00. The zero-order chi connectivity index (χ0) is 15.8. The van der Waals surface area contributed by atoms with Crippen LogP contribution in [0.1, 0.15) is 44.4 Å². The zero-order valence-electron chi connectivity index (χ0n) is 13.6. The Labute approximate surface area is 133 Å². The van der Waals surface area contributed by atoms with E-state index in [1.54, 1.807) is 11.8 Å². The van der Waals surface area contributed by atoms with Crippen LogP contribution in [-0.4, -0.2) is 24.0 Å². The summed E-state index contributed by atoms with van der Waals surface area (Å²) in [7, 11) is 0. The predicted octanol–water partition coefficient (Wildman–Crippen LogP) is 3.14. The van der Waals surface area contributed by atoms with Crippen LogP contribution in [0.15, 0.2) is 24.3 Å². The molecule has 0 spiro atoms. The Morgan fingerprint density at radius 3 is 2.38 bits per heavy atom. The van der Waals surface area contributed by atoms with Crippen molar-refractivity contribution in [3.05, 3.63) is 35.4 Å². The highest BCUT2D eigenvalue weighted by molar-refractivity contribution is 7.98. The quantitative estimate of drug-likeness (QED) is 0.775. The van der Waals surface area contributed by atoms with Gasteiger partial charge in [0.15, 0.2) is 0 Å². The summed E-state index contributed by atoms with van der Waals surface area (Å²) in [4.78, 5) is 12.0. The molecular weight excluding hydrogens is 280 g/mol. The number of nitrogens with one attached hydrogen (secondary N) is 1. The number of rotatable bonds is 8. The summed E-state index contributed by atoms with van der Waals surface area (Å²) in [5.41, 5.74) is 8.34. The van der Waals surface area contributed by atoms with Crippen molar-refractivity contribution in [3.63, 3.8) is 0 Å². The molecule has 0 radical (unpaired) electrons. The third-order valence-corrected chi connectivity index (χ3v) is 4.10. The van der Waals surface area contributed by atoms with Crippen molar-refractivity contribution in [2.75, 3.05) is 12.0 Å². The number of carbonyl (C=O) groups is 1. The van der Waals surface area contributed by atoms with Crippen molar-refractivity contribution >= 4 is 17.7 Å². The molecule has 0 fully saturated rings. The minimum atomic E-state index is -0.417. The van der Waals surface area contributed by atoms with E-state index in [2.05, 4.69) is 43.4 Å². The average Bonchev–Trinajstić information content (AvgIpc) is 2.44. The van der Waals surface area contributed by atoms with Crippen molar-refractivity contribution in [2.24, 2.45) is 11.7 Å². The lowest BCUT2D eigenvalue weighted by Gasteiger charge is -2.18. The molecule has 2 atom stereocenters. The van der Waals surface area contributed by atoms with Gasteiger partial charge in [-0.05, 0) is 48.8 Å². The highest BCUT2D eigenvalue weighted by Gasteiger charge is 2.16. The van der Waals surface area contributed by atoms with Crippen LogP contribution in [0.4, 0.5) is 0 Å². The largest absolute Gasteiger partial charge is 0.348 e. The number of hydrogen-bond acceptors (Lipinski definition) is 3. The Bertz CT molecular complexity index is 431. The summed E-state index contributed by atoms with van der Waals surface area (Å²) in [6.07, 6.45) is 3.82. The molecule has 1 unspecified atom stereocenters. The van der Waals surface area contributed by atoms with Crippen LogP contribution in [0.2, 0.25) is 0 Å². The lowest BCUT2D eigenvalue weighted by atomic mass is 10.00. The van der Waals surface area contributed by atoms with Crippen molar-refractivity contribution in [1.82, 2.24) is 5.32 Å². The average molecular weight is 308 g/mol. The maximum Gasteiger partial charge on any atom is 0.237 e. The second kappa shape index (κ2) is 9.11. The number of thioether (sulfide) groups is 1. The summed E-state index contributed by atoms with van der Waals surface area (Å²) in [5, 5.41) is 2.99. The van der Waals surface area contributed by atoms with Gasteiger partial charge in [0, 0.05) is 0 Å². The zero-order valence-corrected chi connectivity index (χ0v) is 14.4. The molecule has 0 saturated heterocycles. The summed E-state index contributed by atoms with van der Waals surface area (Å²) in [6, 6.07) is 8.05. The van der Waals surface area contributed by atoms with Gasteiger partial charge in [0.1, 0.15) is 0 Å².